The Morgan fingerprint density at radius 2 is 2.24 bits per heavy atom. The number of aryl methyl sites for hydroxylation is 2. The number of piperidine rings is 1. The number of nitrogens with zero attached hydrogens (tertiary/aromatic N) is 4. The highest BCUT2D eigenvalue weighted by molar-refractivity contribution is 6.31. The minimum absolute atomic E-state index is 0.0231. The Morgan fingerprint density at radius 1 is 1.48 bits per heavy atom. The third kappa shape index (κ3) is 3.32. The van der Waals surface area contributed by atoms with Gasteiger partial charge in [0.15, 0.2) is 5.84 Å². The van der Waals surface area contributed by atoms with E-state index in [0.717, 1.165) is 55.2 Å². The molecule has 6 nitrogen and oxygen atoms in total. The molecule has 2 heterocycles. The summed E-state index contributed by atoms with van der Waals surface area (Å²) in [6, 6.07) is -0.0231. The van der Waals surface area contributed by atoms with Crippen molar-refractivity contribution in [1.82, 2.24) is 14.7 Å². The van der Waals surface area contributed by atoms with Gasteiger partial charge in [-0.25, -0.2) is 0 Å². The lowest BCUT2D eigenvalue weighted by Crippen LogP contribution is -2.47. The van der Waals surface area contributed by atoms with E-state index in [1.54, 1.807) is 0 Å². The van der Waals surface area contributed by atoms with Crippen molar-refractivity contribution in [3.63, 3.8) is 0 Å². The molecule has 0 bridgehead atoms. The second kappa shape index (κ2) is 7.13. The zero-order valence-corrected chi connectivity index (χ0v) is 13.5. The first-order chi connectivity index (χ1) is 10.1. The number of halogens is 1. The fourth-order valence-electron chi connectivity index (χ4n) is 2.94. The Balaban J connectivity index is 2.25. The Hall–Kier alpha value is -1.27. The molecular formula is C14H24ClN5O. The maximum Gasteiger partial charge on any atom is 0.156 e. The summed E-state index contributed by atoms with van der Waals surface area (Å²) in [7, 11) is 0. The summed E-state index contributed by atoms with van der Waals surface area (Å²) in [6.07, 6.45) is 3.95. The first-order valence-electron chi connectivity index (χ1n) is 7.57. The summed E-state index contributed by atoms with van der Waals surface area (Å²) in [4.78, 5) is 2.23. The molecule has 0 amide bonds. The Labute approximate surface area is 130 Å². The van der Waals surface area contributed by atoms with Crippen LogP contribution in [0, 0.1) is 0 Å². The van der Waals surface area contributed by atoms with Crippen molar-refractivity contribution < 1.29 is 5.21 Å². The molecule has 7 heteroatoms. The molecule has 118 valence electrons. The number of amidine groups is 1. The van der Waals surface area contributed by atoms with E-state index in [1.165, 1.54) is 0 Å². The lowest BCUT2D eigenvalue weighted by Gasteiger charge is -2.34. The van der Waals surface area contributed by atoms with Gasteiger partial charge in [0.25, 0.3) is 0 Å². The molecule has 2 rings (SSSR count). The van der Waals surface area contributed by atoms with Gasteiger partial charge < -0.3 is 10.9 Å². The summed E-state index contributed by atoms with van der Waals surface area (Å²) >= 11 is 6.47. The monoisotopic (exact) mass is 313 g/mol. The van der Waals surface area contributed by atoms with E-state index in [1.807, 2.05) is 4.68 Å². The van der Waals surface area contributed by atoms with Crippen molar-refractivity contribution in [3.8, 4) is 0 Å². The molecule has 0 aliphatic carbocycles. The van der Waals surface area contributed by atoms with Crippen LogP contribution < -0.4 is 5.73 Å². The third-order valence-electron chi connectivity index (χ3n) is 4.12. The zero-order chi connectivity index (χ0) is 15.4. The van der Waals surface area contributed by atoms with Gasteiger partial charge in [0.05, 0.1) is 22.5 Å². The smallest absolute Gasteiger partial charge is 0.156 e. The molecule has 1 atom stereocenters. The Kier molecular flexibility index (Phi) is 5.47. The lowest BCUT2D eigenvalue weighted by molar-refractivity contribution is 0.173. The molecule has 1 aromatic rings. The maximum atomic E-state index is 8.96. The summed E-state index contributed by atoms with van der Waals surface area (Å²) in [5.74, 6) is 0.282. The van der Waals surface area contributed by atoms with E-state index in [9.17, 15) is 0 Å². The van der Waals surface area contributed by atoms with Gasteiger partial charge in [-0.3, -0.25) is 9.58 Å². The predicted molar refractivity (Wildman–Crippen MR) is 83.7 cm³/mol. The minimum atomic E-state index is -0.0231. The van der Waals surface area contributed by atoms with Crippen molar-refractivity contribution in [2.75, 3.05) is 6.54 Å². The summed E-state index contributed by atoms with van der Waals surface area (Å²) < 4.78 is 1.96. The lowest BCUT2D eigenvalue weighted by atomic mass is 10.0. The van der Waals surface area contributed by atoms with Gasteiger partial charge in [-0.15, -0.1) is 0 Å². The zero-order valence-electron chi connectivity index (χ0n) is 12.7. The third-order valence-corrected chi connectivity index (χ3v) is 4.55. The van der Waals surface area contributed by atoms with Crippen LogP contribution in [0.2, 0.25) is 5.02 Å². The molecule has 1 unspecified atom stereocenters. The first kappa shape index (κ1) is 16.1. The highest BCUT2D eigenvalue weighted by atomic mass is 35.5. The number of hydrogen-bond donors (Lipinski definition) is 2. The van der Waals surface area contributed by atoms with Gasteiger partial charge >= 0.3 is 0 Å². The fourth-order valence-corrected chi connectivity index (χ4v) is 3.27. The molecule has 3 N–H and O–H groups in total. The normalized spacial score (nSPS) is 20.9. The summed E-state index contributed by atoms with van der Waals surface area (Å²) in [5.41, 5.74) is 7.79. The van der Waals surface area contributed by atoms with E-state index in [4.69, 9.17) is 22.5 Å². The van der Waals surface area contributed by atoms with E-state index in [-0.39, 0.29) is 11.9 Å². The number of likely N-dealkylation sites (tertiary alicyclic amines) is 1. The van der Waals surface area contributed by atoms with Crippen molar-refractivity contribution >= 4 is 17.4 Å². The minimum Gasteiger partial charge on any atom is -0.409 e. The highest BCUT2D eigenvalue weighted by Gasteiger charge is 2.28. The van der Waals surface area contributed by atoms with E-state index in [0.29, 0.717) is 6.54 Å². The van der Waals surface area contributed by atoms with Crippen LogP contribution in [-0.4, -0.2) is 38.3 Å². The molecule has 21 heavy (non-hydrogen) atoms. The van der Waals surface area contributed by atoms with Gasteiger partial charge in [0, 0.05) is 13.1 Å². The molecule has 1 aliphatic heterocycles. The van der Waals surface area contributed by atoms with Crippen molar-refractivity contribution in [2.24, 2.45) is 10.9 Å². The molecule has 0 radical (unpaired) electrons. The molecule has 0 saturated carbocycles. The molecule has 0 aromatic carbocycles. The topological polar surface area (TPSA) is 79.7 Å². The van der Waals surface area contributed by atoms with Crippen LogP contribution in [0.15, 0.2) is 5.16 Å². The average Bonchev–Trinajstić information content (AvgIpc) is 2.83. The highest BCUT2D eigenvalue weighted by Crippen LogP contribution is 2.26. The van der Waals surface area contributed by atoms with Gasteiger partial charge in [-0.2, -0.15) is 5.10 Å². The molecule has 0 spiro atoms. The molecule has 1 fully saturated rings. The van der Waals surface area contributed by atoms with Crippen molar-refractivity contribution in [2.45, 2.75) is 58.7 Å². The second-order valence-corrected chi connectivity index (χ2v) is 5.76. The Morgan fingerprint density at radius 3 is 2.86 bits per heavy atom. The molecule has 1 aromatic heterocycles. The van der Waals surface area contributed by atoms with Crippen molar-refractivity contribution in [1.29, 1.82) is 0 Å². The predicted octanol–water partition coefficient (Wildman–Crippen LogP) is 2.22. The van der Waals surface area contributed by atoms with Crippen molar-refractivity contribution in [3.05, 3.63) is 16.4 Å². The first-order valence-corrected chi connectivity index (χ1v) is 7.95. The Bertz CT molecular complexity index is 514. The van der Waals surface area contributed by atoms with Crippen LogP contribution in [0.5, 0.6) is 0 Å². The average molecular weight is 314 g/mol. The van der Waals surface area contributed by atoms with Crippen LogP contribution in [0.1, 0.15) is 44.5 Å². The number of nitrogens with two attached hydrogens (primary N) is 1. The number of hydrogen-bond acceptors (Lipinski definition) is 4. The van der Waals surface area contributed by atoms with Gasteiger partial charge in [0.1, 0.15) is 0 Å². The molecule has 1 aliphatic rings. The second-order valence-electron chi connectivity index (χ2n) is 5.38. The quantitative estimate of drug-likeness (QED) is 0.378. The van der Waals surface area contributed by atoms with Crippen LogP contribution >= 0.6 is 11.6 Å². The molecule has 1 saturated heterocycles. The number of rotatable bonds is 5. The van der Waals surface area contributed by atoms with E-state index < -0.39 is 0 Å². The van der Waals surface area contributed by atoms with Crippen LogP contribution in [0.3, 0.4) is 0 Å². The summed E-state index contributed by atoms with van der Waals surface area (Å²) in [6.45, 7) is 6.51. The standard InChI is InChI=1S/C14H24ClN5O/c1-3-10-13(15)12(20(4-2)17-10)9-19-8-6-5-7-11(19)14(16)18-21/h11,21H,3-9H2,1-2H3,(H2,16,18). The van der Waals surface area contributed by atoms with Crippen LogP contribution in [-0.2, 0) is 19.5 Å². The van der Waals surface area contributed by atoms with Gasteiger partial charge in [-0.05, 0) is 32.7 Å². The van der Waals surface area contributed by atoms with Crippen LogP contribution in [0.25, 0.3) is 0 Å². The van der Waals surface area contributed by atoms with Gasteiger partial charge in [0.2, 0.25) is 0 Å². The van der Waals surface area contributed by atoms with E-state index >= 15 is 0 Å². The van der Waals surface area contributed by atoms with E-state index in [2.05, 4.69) is 29.0 Å². The maximum absolute atomic E-state index is 8.96. The van der Waals surface area contributed by atoms with Crippen LogP contribution in [0.4, 0.5) is 0 Å². The summed E-state index contributed by atoms with van der Waals surface area (Å²) in [5, 5.41) is 17.5. The fraction of sp³-hybridized carbons (Fsp3) is 0.714. The van der Waals surface area contributed by atoms with Gasteiger partial charge in [-0.1, -0.05) is 30.1 Å². The molecular weight excluding hydrogens is 290 g/mol. The SMILES string of the molecule is CCc1nn(CC)c(CN2CCCCC2C(N)=NO)c1Cl. The number of oxime groups is 1. The largest absolute Gasteiger partial charge is 0.409 e. The number of aromatic nitrogens is 2.